The third-order valence-corrected chi connectivity index (χ3v) is 2.24. The Labute approximate surface area is 115 Å². The molecule has 0 aliphatic carbocycles. The summed E-state index contributed by atoms with van der Waals surface area (Å²) in [6, 6.07) is 0. The van der Waals surface area contributed by atoms with Gasteiger partial charge in [-0.15, -0.1) is 12.4 Å². The van der Waals surface area contributed by atoms with Gasteiger partial charge in [0.05, 0.1) is 6.54 Å². The molecule has 0 aromatic rings. The summed E-state index contributed by atoms with van der Waals surface area (Å²) >= 11 is 0. The summed E-state index contributed by atoms with van der Waals surface area (Å²) in [4.78, 5) is 24.4. The van der Waals surface area contributed by atoms with E-state index >= 15 is 0 Å². The molecule has 0 unspecified atom stereocenters. The molecule has 0 aromatic carbocycles. The summed E-state index contributed by atoms with van der Waals surface area (Å²) in [6.07, 6.45) is 1.18. The Morgan fingerprint density at radius 3 is 2.50 bits per heavy atom. The molecule has 0 heterocycles. The molecule has 0 aliphatic heterocycles. The minimum atomic E-state index is -0.138. The minimum absolute atomic E-state index is 0. The number of halogens is 1. The number of hydrogen-bond acceptors (Lipinski definition) is 4. The first-order valence-electron chi connectivity index (χ1n) is 5.76. The zero-order valence-corrected chi connectivity index (χ0v) is 12.1. The highest BCUT2D eigenvalue weighted by Crippen LogP contribution is 1.89. The summed E-state index contributed by atoms with van der Waals surface area (Å²) in [5.74, 6) is -0.173. The topological polar surface area (TPSA) is 70.7 Å². The molecule has 0 saturated carbocycles. The molecular formula is C11H24ClN3O3. The Balaban J connectivity index is 0. The Morgan fingerprint density at radius 1 is 1.28 bits per heavy atom. The molecule has 0 bridgehead atoms. The highest BCUT2D eigenvalue weighted by atomic mass is 35.5. The molecule has 18 heavy (non-hydrogen) atoms. The average molecular weight is 282 g/mol. The van der Waals surface area contributed by atoms with Crippen LogP contribution >= 0.6 is 12.4 Å². The van der Waals surface area contributed by atoms with Crippen molar-refractivity contribution in [1.29, 1.82) is 0 Å². The summed E-state index contributed by atoms with van der Waals surface area (Å²) in [7, 11) is 5.04. The largest absolute Gasteiger partial charge is 0.385 e. The Morgan fingerprint density at radius 2 is 1.94 bits per heavy atom. The monoisotopic (exact) mass is 281 g/mol. The van der Waals surface area contributed by atoms with Crippen molar-refractivity contribution in [1.82, 2.24) is 15.5 Å². The van der Waals surface area contributed by atoms with E-state index in [4.69, 9.17) is 4.74 Å². The number of rotatable bonds is 9. The van der Waals surface area contributed by atoms with E-state index in [2.05, 4.69) is 10.6 Å². The van der Waals surface area contributed by atoms with Crippen LogP contribution in [0.4, 0.5) is 0 Å². The van der Waals surface area contributed by atoms with Crippen molar-refractivity contribution in [3.05, 3.63) is 0 Å². The first kappa shape index (κ1) is 19.5. The first-order chi connectivity index (χ1) is 8.11. The third kappa shape index (κ3) is 10.3. The molecule has 0 fully saturated rings. The van der Waals surface area contributed by atoms with E-state index < -0.39 is 0 Å². The van der Waals surface area contributed by atoms with Crippen LogP contribution in [0.1, 0.15) is 12.8 Å². The van der Waals surface area contributed by atoms with Crippen LogP contribution in [-0.2, 0) is 14.3 Å². The van der Waals surface area contributed by atoms with Crippen LogP contribution in [0, 0.1) is 0 Å². The van der Waals surface area contributed by atoms with Gasteiger partial charge in [0.2, 0.25) is 11.8 Å². The summed E-state index contributed by atoms with van der Waals surface area (Å²) in [6.45, 7) is 1.93. The first-order valence-corrected chi connectivity index (χ1v) is 5.76. The number of nitrogens with zero attached hydrogens (tertiary/aromatic N) is 1. The van der Waals surface area contributed by atoms with Gasteiger partial charge in [0.25, 0.3) is 0 Å². The standard InChI is InChI=1S/C11H23N3O3.ClH/c1-12-7-5-11(16)14(2)9-10(15)13-6-4-8-17-3;/h12H,4-9H2,1-3H3,(H,13,15);1H. The lowest BCUT2D eigenvalue weighted by molar-refractivity contribution is -0.134. The van der Waals surface area contributed by atoms with Gasteiger partial charge in [-0.3, -0.25) is 9.59 Å². The summed E-state index contributed by atoms with van der Waals surface area (Å²) < 4.78 is 4.86. The number of amides is 2. The maximum atomic E-state index is 11.5. The molecule has 6 nitrogen and oxygen atoms in total. The average Bonchev–Trinajstić information content (AvgIpc) is 2.31. The third-order valence-electron chi connectivity index (χ3n) is 2.24. The summed E-state index contributed by atoms with van der Waals surface area (Å²) in [5.41, 5.74) is 0. The van der Waals surface area contributed by atoms with Crippen molar-refractivity contribution in [2.75, 3.05) is 47.4 Å². The minimum Gasteiger partial charge on any atom is -0.385 e. The highest BCUT2D eigenvalue weighted by Gasteiger charge is 2.11. The fraction of sp³-hybridized carbons (Fsp3) is 0.818. The van der Waals surface area contributed by atoms with E-state index in [9.17, 15) is 9.59 Å². The molecule has 0 radical (unpaired) electrons. The van der Waals surface area contributed by atoms with Crippen molar-refractivity contribution in [3.63, 3.8) is 0 Å². The Bertz CT molecular complexity index is 240. The van der Waals surface area contributed by atoms with E-state index in [-0.39, 0.29) is 30.8 Å². The van der Waals surface area contributed by atoms with Crippen LogP contribution in [0.2, 0.25) is 0 Å². The van der Waals surface area contributed by atoms with Crippen LogP contribution in [0.5, 0.6) is 0 Å². The van der Waals surface area contributed by atoms with Gasteiger partial charge >= 0.3 is 0 Å². The molecule has 7 heteroatoms. The lowest BCUT2D eigenvalue weighted by Crippen LogP contribution is -2.39. The van der Waals surface area contributed by atoms with Crippen LogP contribution in [0.3, 0.4) is 0 Å². The molecule has 108 valence electrons. The zero-order valence-electron chi connectivity index (χ0n) is 11.3. The molecule has 0 atom stereocenters. The smallest absolute Gasteiger partial charge is 0.239 e. The number of carbonyl (C=O) groups excluding carboxylic acids is 2. The molecule has 0 aliphatic rings. The van der Waals surface area contributed by atoms with Gasteiger partial charge in [0, 0.05) is 40.3 Å². The number of carbonyl (C=O) groups is 2. The van der Waals surface area contributed by atoms with E-state index in [1.54, 1.807) is 21.2 Å². The van der Waals surface area contributed by atoms with Gasteiger partial charge in [0.1, 0.15) is 0 Å². The SMILES string of the molecule is CNCCC(=O)N(C)CC(=O)NCCCOC.Cl. The number of ether oxygens (including phenoxy) is 1. The fourth-order valence-corrected chi connectivity index (χ4v) is 1.23. The lowest BCUT2D eigenvalue weighted by atomic mass is 10.3. The number of methoxy groups -OCH3 is 1. The van der Waals surface area contributed by atoms with E-state index in [1.165, 1.54) is 4.90 Å². The molecule has 0 spiro atoms. The van der Waals surface area contributed by atoms with Crippen molar-refractivity contribution < 1.29 is 14.3 Å². The fourth-order valence-electron chi connectivity index (χ4n) is 1.23. The van der Waals surface area contributed by atoms with E-state index in [1.807, 2.05) is 0 Å². The summed E-state index contributed by atoms with van der Waals surface area (Å²) in [5, 5.41) is 5.62. The van der Waals surface area contributed by atoms with Crippen molar-refractivity contribution in [2.45, 2.75) is 12.8 Å². The quantitative estimate of drug-likeness (QED) is 0.566. The Hall–Kier alpha value is -0.850. The van der Waals surface area contributed by atoms with Gasteiger partial charge in [0.15, 0.2) is 0 Å². The van der Waals surface area contributed by atoms with Crippen molar-refractivity contribution in [3.8, 4) is 0 Å². The maximum absolute atomic E-state index is 11.5. The van der Waals surface area contributed by atoms with Crippen LogP contribution in [0.25, 0.3) is 0 Å². The Kier molecular flexibility index (Phi) is 13.6. The second-order valence-corrected chi connectivity index (χ2v) is 3.80. The van der Waals surface area contributed by atoms with Crippen molar-refractivity contribution >= 4 is 24.2 Å². The predicted molar refractivity (Wildman–Crippen MR) is 72.9 cm³/mol. The molecule has 2 N–H and O–H groups in total. The van der Waals surface area contributed by atoms with E-state index in [0.29, 0.717) is 26.1 Å². The van der Waals surface area contributed by atoms with Gasteiger partial charge in [-0.25, -0.2) is 0 Å². The normalized spacial score (nSPS) is 9.50. The lowest BCUT2D eigenvalue weighted by Gasteiger charge is -2.16. The molecule has 2 amide bonds. The predicted octanol–water partition coefficient (Wildman–Crippen LogP) is -0.371. The van der Waals surface area contributed by atoms with Gasteiger partial charge in [-0.05, 0) is 13.5 Å². The molecule has 0 rings (SSSR count). The van der Waals surface area contributed by atoms with Gasteiger partial charge in [-0.1, -0.05) is 0 Å². The van der Waals surface area contributed by atoms with Crippen LogP contribution in [0.15, 0.2) is 0 Å². The van der Waals surface area contributed by atoms with Gasteiger partial charge in [-0.2, -0.15) is 0 Å². The van der Waals surface area contributed by atoms with Crippen molar-refractivity contribution in [2.24, 2.45) is 0 Å². The number of likely N-dealkylation sites (N-methyl/N-ethyl adjacent to an activating group) is 1. The van der Waals surface area contributed by atoms with Crippen LogP contribution < -0.4 is 10.6 Å². The van der Waals surface area contributed by atoms with E-state index in [0.717, 1.165) is 6.42 Å². The maximum Gasteiger partial charge on any atom is 0.239 e. The molecular weight excluding hydrogens is 258 g/mol. The molecule has 0 aromatic heterocycles. The number of nitrogens with one attached hydrogen (secondary N) is 2. The second kappa shape index (κ2) is 12.6. The second-order valence-electron chi connectivity index (χ2n) is 3.80. The van der Waals surface area contributed by atoms with Gasteiger partial charge < -0.3 is 20.3 Å². The molecule has 0 saturated heterocycles. The highest BCUT2D eigenvalue weighted by molar-refractivity contribution is 5.85. The number of hydrogen-bond donors (Lipinski definition) is 2. The zero-order chi connectivity index (χ0) is 13.1. The van der Waals surface area contributed by atoms with Crippen LogP contribution in [-0.4, -0.2) is 64.2 Å².